The average Bonchev–Trinajstić information content (AvgIpc) is 3.26. The zero-order valence-corrected chi connectivity index (χ0v) is 15.8. The first-order valence-electron chi connectivity index (χ1n) is 9.52. The molecule has 3 aromatic rings. The standard InChI is InChI=1S/C20H21ClN6/c21-14-2-3-15-16(10-14)25-19-18(15)20(24-12-23-19)27-9-5-13-4-8-26(7-1-6-22)11-17(13)27/h2-3,10,12-13,17H,1,4-5,7-9,11H2,(H,23,24,25). The topological polar surface area (TPSA) is 71.8 Å². The van der Waals surface area contributed by atoms with E-state index in [1.807, 2.05) is 12.1 Å². The summed E-state index contributed by atoms with van der Waals surface area (Å²) in [4.78, 5) is 17.4. The Labute approximate surface area is 162 Å². The Kier molecular flexibility index (Phi) is 4.14. The van der Waals surface area contributed by atoms with Gasteiger partial charge in [0.25, 0.3) is 0 Å². The summed E-state index contributed by atoms with van der Waals surface area (Å²) in [6, 6.07) is 8.64. The van der Waals surface area contributed by atoms with Crippen molar-refractivity contribution in [3.05, 3.63) is 29.5 Å². The minimum absolute atomic E-state index is 0.452. The number of fused-ring (bicyclic) bond motifs is 4. The van der Waals surface area contributed by atoms with Crippen LogP contribution in [-0.4, -0.2) is 52.1 Å². The van der Waals surface area contributed by atoms with Gasteiger partial charge in [-0.3, -0.25) is 0 Å². The van der Waals surface area contributed by atoms with E-state index in [0.717, 1.165) is 53.9 Å². The van der Waals surface area contributed by atoms with Gasteiger partial charge in [-0.1, -0.05) is 17.7 Å². The molecule has 27 heavy (non-hydrogen) atoms. The van der Waals surface area contributed by atoms with Crippen LogP contribution in [0.1, 0.15) is 19.3 Å². The Morgan fingerprint density at radius 2 is 2.15 bits per heavy atom. The number of nitrogens with zero attached hydrogens (tertiary/aromatic N) is 5. The van der Waals surface area contributed by atoms with Crippen LogP contribution in [0.2, 0.25) is 5.02 Å². The SMILES string of the molecule is N#CCCN1CCC2CCN(c3ncnc4[nH]c5cc(Cl)ccc5c34)C2C1. The number of aromatic amines is 1. The Balaban J connectivity index is 1.55. The Bertz CT molecular complexity index is 1040. The summed E-state index contributed by atoms with van der Waals surface area (Å²) in [6.07, 6.45) is 4.65. The number of H-pyrrole nitrogens is 1. The molecule has 7 heteroatoms. The van der Waals surface area contributed by atoms with Crippen LogP contribution in [0.4, 0.5) is 5.82 Å². The van der Waals surface area contributed by atoms with Gasteiger partial charge in [0.15, 0.2) is 0 Å². The number of likely N-dealkylation sites (tertiary alicyclic amines) is 1. The largest absolute Gasteiger partial charge is 0.351 e. The predicted octanol–water partition coefficient (Wildman–Crippen LogP) is 3.58. The van der Waals surface area contributed by atoms with Gasteiger partial charge in [0, 0.05) is 48.0 Å². The van der Waals surface area contributed by atoms with Crippen molar-refractivity contribution in [2.45, 2.75) is 25.3 Å². The molecule has 0 aliphatic carbocycles. The second-order valence-corrected chi connectivity index (χ2v) is 7.98. The maximum atomic E-state index is 8.91. The molecule has 6 nitrogen and oxygen atoms in total. The lowest BCUT2D eigenvalue weighted by molar-refractivity contribution is 0.177. The number of piperidine rings is 1. The normalized spacial score (nSPS) is 23.0. The Morgan fingerprint density at radius 3 is 3.04 bits per heavy atom. The fourth-order valence-electron chi connectivity index (χ4n) is 4.78. The number of hydrogen-bond acceptors (Lipinski definition) is 5. The number of rotatable bonds is 3. The van der Waals surface area contributed by atoms with E-state index in [-0.39, 0.29) is 0 Å². The van der Waals surface area contributed by atoms with Crippen LogP contribution in [0.15, 0.2) is 24.5 Å². The molecule has 2 fully saturated rings. The van der Waals surface area contributed by atoms with E-state index in [4.69, 9.17) is 21.8 Å². The minimum Gasteiger partial charge on any atom is -0.351 e. The summed E-state index contributed by atoms with van der Waals surface area (Å²) in [7, 11) is 0. The first-order valence-corrected chi connectivity index (χ1v) is 9.90. The average molecular weight is 381 g/mol. The van der Waals surface area contributed by atoms with Gasteiger partial charge in [0.2, 0.25) is 0 Å². The lowest BCUT2D eigenvalue weighted by Crippen LogP contribution is -2.48. The van der Waals surface area contributed by atoms with Gasteiger partial charge in [-0.15, -0.1) is 0 Å². The molecule has 1 N–H and O–H groups in total. The fourth-order valence-corrected chi connectivity index (χ4v) is 4.95. The van der Waals surface area contributed by atoms with E-state index >= 15 is 0 Å². The van der Waals surface area contributed by atoms with Gasteiger partial charge in [-0.2, -0.15) is 5.26 Å². The smallest absolute Gasteiger partial charge is 0.143 e. The molecule has 0 bridgehead atoms. The lowest BCUT2D eigenvalue weighted by atomic mass is 9.92. The molecule has 0 radical (unpaired) electrons. The second-order valence-electron chi connectivity index (χ2n) is 7.54. The lowest BCUT2D eigenvalue weighted by Gasteiger charge is -2.38. The first-order chi connectivity index (χ1) is 13.2. The maximum absolute atomic E-state index is 8.91. The molecular weight excluding hydrogens is 360 g/mol. The molecule has 2 unspecified atom stereocenters. The molecule has 2 aliphatic heterocycles. The van der Waals surface area contributed by atoms with Crippen molar-refractivity contribution in [3.63, 3.8) is 0 Å². The molecular formula is C20H21ClN6. The van der Waals surface area contributed by atoms with Crippen molar-refractivity contribution in [3.8, 4) is 6.07 Å². The highest BCUT2D eigenvalue weighted by Crippen LogP contribution is 2.39. The van der Waals surface area contributed by atoms with Gasteiger partial charge in [0.05, 0.1) is 11.5 Å². The summed E-state index contributed by atoms with van der Waals surface area (Å²) >= 11 is 6.17. The summed E-state index contributed by atoms with van der Waals surface area (Å²) in [6.45, 7) is 3.99. The number of benzene rings is 1. The van der Waals surface area contributed by atoms with Gasteiger partial charge in [-0.25, -0.2) is 9.97 Å². The van der Waals surface area contributed by atoms with Gasteiger partial charge < -0.3 is 14.8 Å². The number of hydrogen-bond donors (Lipinski definition) is 1. The summed E-state index contributed by atoms with van der Waals surface area (Å²) in [5.74, 6) is 1.72. The highest BCUT2D eigenvalue weighted by Gasteiger charge is 2.39. The summed E-state index contributed by atoms with van der Waals surface area (Å²) in [5.41, 5.74) is 1.85. The second kappa shape index (κ2) is 6.66. The molecule has 0 amide bonds. The predicted molar refractivity (Wildman–Crippen MR) is 107 cm³/mol. The molecule has 4 heterocycles. The van der Waals surface area contributed by atoms with Crippen LogP contribution in [0.5, 0.6) is 0 Å². The third kappa shape index (κ3) is 2.82. The molecule has 0 spiro atoms. The third-order valence-corrected chi connectivity index (χ3v) is 6.32. The molecule has 5 rings (SSSR count). The van der Waals surface area contributed by atoms with E-state index in [1.54, 1.807) is 6.33 Å². The van der Waals surface area contributed by atoms with Crippen LogP contribution in [0, 0.1) is 17.2 Å². The molecule has 1 aromatic carbocycles. The number of nitriles is 1. The van der Waals surface area contributed by atoms with Crippen molar-refractivity contribution in [1.29, 1.82) is 5.26 Å². The molecule has 138 valence electrons. The monoisotopic (exact) mass is 380 g/mol. The zero-order chi connectivity index (χ0) is 18.4. The summed E-state index contributed by atoms with van der Waals surface area (Å²) < 4.78 is 0. The van der Waals surface area contributed by atoms with Crippen molar-refractivity contribution < 1.29 is 0 Å². The summed E-state index contributed by atoms with van der Waals surface area (Å²) in [5, 5.41) is 11.8. The minimum atomic E-state index is 0.452. The number of aromatic nitrogens is 3. The Hall–Kier alpha value is -2.36. The number of anilines is 1. The Morgan fingerprint density at radius 1 is 1.26 bits per heavy atom. The highest BCUT2D eigenvalue weighted by atomic mass is 35.5. The first kappa shape index (κ1) is 16.8. The fraction of sp³-hybridized carbons (Fsp3) is 0.450. The van der Waals surface area contributed by atoms with Crippen molar-refractivity contribution in [2.75, 3.05) is 31.1 Å². The highest BCUT2D eigenvalue weighted by molar-refractivity contribution is 6.31. The molecule has 2 atom stereocenters. The van der Waals surface area contributed by atoms with E-state index in [2.05, 4.69) is 31.9 Å². The number of nitrogens with one attached hydrogen (secondary N) is 1. The van der Waals surface area contributed by atoms with Crippen LogP contribution in [0.25, 0.3) is 21.9 Å². The molecule has 0 saturated carbocycles. The van der Waals surface area contributed by atoms with E-state index < -0.39 is 0 Å². The zero-order valence-electron chi connectivity index (χ0n) is 15.0. The quantitative estimate of drug-likeness (QED) is 0.751. The van der Waals surface area contributed by atoms with Crippen LogP contribution >= 0.6 is 11.6 Å². The van der Waals surface area contributed by atoms with Gasteiger partial charge >= 0.3 is 0 Å². The van der Waals surface area contributed by atoms with Crippen molar-refractivity contribution in [1.82, 2.24) is 19.9 Å². The van der Waals surface area contributed by atoms with Gasteiger partial charge in [-0.05, 0) is 37.4 Å². The van der Waals surface area contributed by atoms with E-state index in [0.29, 0.717) is 23.4 Å². The van der Waals surface area contributed by atoms with E-state index in [1.165, 1.54) is 12.8 Å². The van der Waals surface area contributed by atoms with Crippen LogP contribution in [0.3, 0.4) is 0 Å². The molecule has 2 saturated heterocycles. The van der Waals surface area contributed by atoms with E-state index in [9.17, 15) is 0 Å². The molecule has 2 aromatic heterocycles. The van der Waals surface area contributed by atoms with Crippen molar-refractivity contribution >= 4 is 39.4 Å². The van der Waals surface area contributed by atoms with Crippen molar-refractivity contribution in [2.24, 2.45) is 5.92 Å². The maximum Gasteiger partial charge on any atom is 0.143 e. The number of halogens is 1. The third-order valence-electron chi connectivity index (χ3n) is 6.09. The van der Waals surface area contributed by atoms with Gasteiger partial charge in [0.1, 0.15) is 17.8 Å². The van der Waals surface area contributed by atoms with Crippen LogP contribution in [-0.2, 0) is 0 Å². The molecule has 2 aliphatic rings. The van der Waals surface area contributed by atoms with Crippen LogP contribution < -0.4 is 4.90 Å².